The molecule has 4 nitrogen and oxygen atoms in total. The summed E-state index contributed by atoms with van der Waals surface area (Å²) in [5, 5.41) is 8.84. The smallest absolute Gasteiger partial charge is 0.118 e. The van der Waals surface area contributed by atoms with Gasteiger partial charge in [0.2, 0.25) is 0 Å². The lowest BCUT2D eigenvalue weighted by Crippen LogP contribution is -1.82. The predicted molar refractivity (Wildman–Crippen MR) is 92.5 cm³/mol. The molecule has 0 amide bonds. The van der Waals surface area contributed by atoms with E-state index in [-0.39, 0.29) is 0 Å². The van der Waals surface area contributed by atoms with Crippen LogP contribution < -0.4 is 4.74 Å². The molecule has 0 saturated heterocycles. The Hall–Kier alpha value is -3.01. The van der Waals surface area contributed by atoms with Crippen molar-refractivity contribution < 1.29 is 4.74 Å². The standard InChI is InChI=1S/C19H17N3O/c1-22-12-16(15-5-3-4-6-19(15)22)18-11-17(20-21-18)13-7-9-14(23-2)10-8-13/h3-12H,1-2H3,(H,20,21). The highest BCUT2D eigenvalue weighted by Gasteiger charge is 2.11. The monoisotopic (exact) mass is 303 g/mol. The van der Waals surface area contributed by atoms with Gasteiger partial charge in [-0.15, -0.1) is 0 Å². The molecule has 1 N–H and O–H groups in total. The summed E-state index contributed by atoms with van der Waals surface area (Å²) in [6.07, 6.45) is 2.13. The first-order valence-electron chi connectivity index (χ1n) is 7.50. The minimum atomic E-state index is 0.846. The number of rotatable bonds is 3. The second-order valence-corrected chi connectivity index (χ2v) is 5.57. The third kappa shape index (κ3) is 2.28. The summed E-state index contributed by atoms with van der Waals surface area (Å²) < 4.78 is 7.34. The Morgan fingerprint density at radius 3 is 2.61 bits per heavy atom. The van der Waals surface area contributed by atoms with E-state index in [0.29, 0.717) is 0 Å². The minimum Gasteiger partial charge on any atom is -0.497 e. The third-order valence-electron chi connectivity index (χ3n) is 4.15. The van der Waals surface area contributed by atoms with Gasteiger partial charge in [-0.05, 0) is 36.4 Å². The summed E-state index contributed by atoms with van der Waals surface area (Å²) in [6, 6.07) is 18.4. The molecule has 0 spiro atoms. The molecule has 0 aliphatic rings. The van der Waals surface area contributed by atoms with E-state index in [0.717, 1.165) is 28.3 Å². The molecular formula is C19H17N3O. The molecule has 114 valence electrons. The van der Waals surface area contributed by atoms with Gasteiger partial charge < -0.3 is 9.30 Å². The molecule has 4 heteroatoms. The van der Waals surface area contributed by atoms with Gasteiger partial charge in [0.25, 0.3) is 0 Å². The first-order valence-corrected chi connectivity index (χ1v) is 7.50. The lowest BCUT2D eigenvalue weighted by Gasteiger charge is -2.00. The summed E-state index contributed by atoms with van der Waals surface area (Å²) in [5.74, 6) is 0.846. The molecule has 2 aromatic heterocycles. The molecule has 4 aromatic rings. The fraction of sp³-hybridized carbons (Fsp3) is 0.105. The molecule has 0 bridgehead atoms. The van der Waals surface area contributed by atoms with Crippen LogP contribution in [0.25, 0.3) is 33.4 Å². The van der Waals surface area contributed by atoms with E-state index in [1.165, 1.54) is 10.9 Å². The van der Waals surface area contributed by atoms with Crippen molar-refractivity contribution in [3.05, 3.63) is 60.8 Å². The number of H-pyrrole nitrogens is 1. The second kappa shape index (κ2) is 5.32. The van der Waals surface area contributed by atoms with Gasteiger partial charge in [-0.2, -0.15) is 5.10 Å². The van der Waals surface area contributed by atoms with Crippen molar-refractivity contribution in [1.29, 1.82) is 0 Å². The van der Waals surface area contributed by atoms with Crippen LogP contribution in [0.1, 0.15) is 0 Å². The van der Waals surface area contributed by atoms with Crippen molar-refractivity contribution >= 4 is 10.9 Å². The van der Waals surface area contributed by atoms with Crippen LogP contribution in [0.3, 0.4) is 0 Å². The predicted octanol–water partition coefficient (Wildman–Crippen LogP) is 4.24. The van der Waals surface area contributed by atoms with Crippen LogP contribution in [0.5, 0.6) is 5.75 Å². The van der Waals surface area contributed by atoms with Gasteiger partial charge >= 0.3 is 0 Å². The van der Waals surface area contributed by atoms with Gasteiger partial charge in [-0.25, -0.2) is 0 Å². The SMILES string of the molecule is COc1ccc(-c2cc(-c3cn(C)c4ccccc34)[nH]n2)cc1. The largest absolute Gasteiger partial charge is 0.497 e. The third-order valence-corrected chi connectivity index (χ3v) is 4.15. The van der Waals surface area contributed by atoms with Gasteiger partial charge in [-0.3, -0.25) is 5.10 Å². The maximum Gasteiger partial charge on any atom is 0.118 e. The lowest BCUT2D eigenvalue weighted by molar-refractivity contribution is 0.415. The summed E-state index contributed by atoms with van der Waals surface area (Å²) >= 11 is 0. The van der Waals surface area contributed by atoms with Crippen LogP contribution in [0, 0.1) is 0 Å². The molecule has 0 radical (unpaired) electrons. The minimum absolute atomic E-state index is 0.846. The number of aromatic amines is 1. The van der Waals surface area contributed by atoms with Gasteiger partial charge in [0.05, 0.1) is 18.5 Å². The maximum absolute atomic E-state index is 5.20. The highest BCUT2D eigenvalue weighted by molar-refractivity contribution is 5.95. The molecule has 0 fully saturated rings. The number of aryl methyl sites for hydroxylation is 1. The van der Waals surface area contributed by atoms with Gasteiger partial charge in [0.15, 0.2) is 0 Å². The van der Waals surface area contributed by atoms with Crippen molar-refractivity contribution in [2.24, 2.45) is 7.05 Å². The van der Waals surface area contributed by atoms with E-state index in [4.69, 9.17) is 4.74 Å². The van der Waals surface area contributed by atoms with E-state index in [1.807, 2.05) is 24.3 Å². The molecule has 4 rings (SSSR count). The van der Waals surface area contributed by atoms with Crippen molar-refractivity contribution in [2.45, 2.75) is 0 Å². The van der Waals surface area contributed by atoms with Crippen molar-refractivity contribution in [1.82, 2.24) is 14.8 Å². The number of hydrogen-bond acceptors (Lipinski definition) is 2. The number of nitrogens with zero attached hydrogens (tertiary/aromatic N) is 2. The number of para-hydroxylation sites is 1. The number of aromatic nitrogens is 3. The van der Waals surface area contributed by atoms with Crippen molar-refractivity contribution in [3.8, 4) is 28.3 Å². The maximum atomic E-state index is 5.20. The van der Waals surface area contributed by atoms with Gasteiger partial charge in [-0.1, -0.05) is 18.2 Å². The number of fused-ring (bicyclic) bond motifs is 1. The summed E-state index contributed by atoms with van der Waals surface area (Å²) in [5.41, 5.74) is 5.38. The van der Waals surface area contributed by atoms with Crippen LogP contribution in [-0.2, 0) is 7.05 Å². The topological polar surface area (TPSA) is 42.8 Å². The molecule has 0 aliphatic carbocycles. The Morgan fingerprint density at radius 1 is 1.04 bits per heavy atom. The zero-order valence-electron chi connectivity index (χ0n) is 13.1. The molecular weight excluding hydrogens is 286 g/mol. The first kappa shape index (κ1) is 13.6. The summed E-state index contributed by atoms with van der Waals surface area (Å²) in [6.45, 7) is 0. The quantitative estimate of drug-likeness (QED) is 0.615. The molecule has 2 aromatic carbocycles. The van der Waals surface area contributed by atoms with E-state index in [9.17, 15) is 0 Å². The van der Waals surface area contributed by atoms with Crippen LogP contribution >= 0.6 is 0 Å². The number of methoxy groups -OCH3 is 1. The highest BCUT2D eigenvalue weighted by Crippen LogP contribution is 2.31. The Balaban J connectivity index is 1.77. The Labute approximate surface area is 134 Å². The fourth-order valence-electron chi connectivity index (χ4n) is 2.93. The molecule has 0 aliphatic heterocycles. The summed E-state index contributed by atoms with van der Waals surface area (Å²) in [4.78, 5) is 0. The number of benzene rings is 2. The second-order valence-electron chi connectivity index (χ2n) is 5.57. The number of ether oxygens (including phenoxy) is 1. The van der Waals surface area contributed by atoms with Crippen molar-refractivity contribution in [2.75, 3.05) is 7.11 Å². The van der Waals surface area contributed by atoms with Crippen molar-refractivity contribution in [3.63, 3.8) is 0 Å². The lowest BCUT2D eigenvalue weighted by atomic mass is 10.1. The summed E-state index contributed by atoms with van der Waals surface area (Å²) in [7, 11) is 3.73. The fourth-order valence-corrected chi connectivity index (χ4v) is 2.93. The van der Waals surface area contributed by atoms with E-state index in [2.05, 4.69) is 58.3 Å². The van der Waals surface area contributed by atoms with Gasteiger partial charge in [0, 0.05) is 35.3 Å². The van der Waals surface area contributed by atoms with E-state index >= 15 is 0 Å². The van der Waals surface area contributed by atoms with Crippen LogP contribution in [0.4, 0.5) is 0 Å². The molecule has 0 unspecified atom stereocenters. The van der Waals surface area contributed by atoms with Crippen LogP contribution in [0.15, 0.2) is 60.8 Å². The van der Waals surface area contributed by atoms with E-state index < -0.39 is 0 Å². The zero-order chi connectivity index (χ0) is 15.8. The first-order chi connectivity index (χ1) is 11.3. The Bertz CT molecular complexity index is 964. The Morgan fingerprint density at radius 2 is 1.83 bits per heavy atom. The van der Waals surface area contributed by atoms with Gasteiger partial charge in [0.1, 0.15) is 5.75 Å². The van der Waals surface area contributed by atoms with E-state index in [1.54, 1.807) is 7.11 Å². The average molecular weight is 303 g/mol. The molecule has 0 saturated carbocycles. The number of nitrogens with one attached hydrogen (secondary N) is 1. The zero-order valence-corrected chi connectivity index (χ0v) is 13.1. The Kier molecular flexibility index (Phi) is 3.15. The highest BCUT2D eigenvalue weighted by atomic mass is 16.5. The molecule has 0 atom stereocenters. The van der Waals surface area contributed by atoms with Crippen LogP contribution in [-0.4, -0.2) is 21.9 Å². The number of hydrogen-bond donors (Lipinski definition) is 1. The average Bonchev–Trinajstić information content (AvgIpc) is 3.21. The van der Waals surface area contributed by atoms with Crippen LogP contribution in [0.2, 0.25) is 0 Å². The normalized spacial score (nSPS) is 11.0. The molecule has 23 heavy (non-hydrogen) atoms. The molecule has 2 heterocycles.